The summed E-state index contributed by atoms with van der Waals surface area (Å²) in [5.74, 6) is -0.168. The zero-order chi connectivity index (χ0) is 20.6. The van der Waals surface area contributed by atoms with Crippen molar-refractivity contribution in [3.8, 4) is 0 Å². The van der Waals surface area contributed by atoms with E-state index in [-0.39, 0.29) is 17.6 Å². The molecule has 0 aliphatic carbocycles. The van der Waals surface area contributed by atoms with E-state index < -0.39 is 5.91 Å². The number of furan rings is 1. The highest BCUT2D eigenvalue weighted by molar-refractivity contribution is 8.00. The number of nitrogens with two attached hydrogens (primary N) is 1. The molecule has 0 spiro atoms. The highest BCUT2D eigenvalue weighted by atomic mass is 32.2. The van der Waals surface area contributed by atoms with E-state index in [1.54, 1.807) is 60.9 Å². The molecule has 3 rings (SSSR count). The molecule has 8 heteroatoms. The summed E-state index contributed by atoms with van der Waals surface area (Å²) in [7, 11) is 0. The predicted molar refractivity (Wildman–Crippen MR) is 111 cm³/mol. The van der Waals surface area contributed by atoms with Crippen molar-refractivity contribution < 1.29 is 18.8 Å². The lowest BCUT2D eigenvalue weighted by Crippen LogP contribution is -2.24. The maximum absolute atomic E-state index is 12.7. The molecule has 0 radical (unpaired) electrons. The van der Waals surface area contributed by atoms with Crippen LogP contribution in [-0.4, -0.2) is 23.5 Å². The van der Waals surface area contributed by atoms with Crippen LogP contribution in [0, 0.1) is 0 Å². The first-order chi connectivity index (χ1) is 14.0. The van der Waals surface area contributed by atoms with Crippen molar-refractivity contribution in [2.45, 2.75) is 11.4 Å². The van der Waals surface area contributed by atoms with Crippen LogP contribution in [0.3, 0.4) is 0 Å². The summed E-state index contributed by atoms with van der Waals surface area (Å²) in [5, 5.41) is 5.55. The van der Waals surface area contributed by atoms with E-state index >= 15 is 0 Å². The number of hydrogen-bond acceptors (Lipinski definition) is 5. The molecule has 0 fully saturated rings. The number of rotatable bonds is 8. The molecule has 0 bridgehead atoms. The Morgan fingerprint density at radius 2 is 1.72 bits per heavy atom. The van der Waals surface area contributed by atoms with Crippen molar-refractivity contribution >= 4 is 35.2 Å². The van der Waals surface area contributed by atoms with Crippen LogP contribution in [0.2, 0.25) is 0 Å². The molecule has 0 saturated carbocycles. The average Bonchev–Trinajstić information content (AvgIpc) is 3.25. The van der Waals surface area contributed by atoms with Gasteiger partial charge in [0, 0.05) is 16.1 Å². The molecule has 0 unspecified atom stereocenters. The highest BCUT2D eigenvalue weighted by Gasteiger charge is 2.13. The second-order valence-electron chi connectivity index (χ2n) is 6.04. The third-order valence-electron chi connectivity index (χ3n) is 3.96. The number of primary amides is 1. The predicted octanol–water partition coefficient (Wildman–Crippen LogP) is 3.04. The van der Waals surface area contributed by atoms with Gasteiger partial charge in [-0.25, -0.2) is 0 Å². The minimum absolute atomic E-state index is 0.163. The lowest BCUT2D eigenvalue weighted by Gasteiger charge is -2.10. The molecule has 0 saturated heterocycles. The lowest BCUT2D eigenvalue weighted by atomic mass is 10.1. The molecule has 29 heavy (non-hydrogen) atoms. The summed E-state index contributed by atoms with van der Waals surface area (Å²) in [6, 6.07) is 16.9. The minimum atomic E-state index is -0.532. The number of carbonyl (C=O) groups excluding carboxylic acids is 3. The molecular formula is C21H19N3O4S. The summed E-state index contributed by atoms with van der Waals surface area (Å²) >= 11 is 1.27. The number of nitrogens with one attached hydrogen (secondary N) is 2. The summed E-state index contributed by atoms with van der Waals surface area (Å²) in [6.45, 7) is 0.315. The SMILES string of the molecule is NC(=O)c1ccc(NC(=O)c2ccccc2SCC(=O)NCc2ccco2)cc1. The molecule has 4 N–H and O–H groups in total. The molecule has 2 aromatic carbocycles. The van der Waals surface area contributed by atoms with Crippen LogP contribution in [0.1, 0.15) is 26.5 Å². The Hall–Kier alpha value is -3.52. The standard InChI is InChI=1S/C21H19N3O4S/c22-20(26)14-7-9-15(10-8-14)24-21(27)17-5-1-2-6-18(17)29-13-19(25)23-12-16-4-3-11-28-16/h1-11H,12-13H2,(H2,22,26)(H,23,25)(H,24,27). The van der Waals surface area contributed by atoms with Crippen molar-refractivity contribution in [2.24, 2.45) is 5.73 Å². The van der Waals surface area contributed by atoms with Crippen LogP contribution in [0.5, 0.6) is 0 Å². The summed E-state index contributed by atoms with van der Waals surface area (Å²) in [4.78, 5) is 36.5. The average molecular weight is 409 g/mol. The molecule has 1 aromatic heterocycles. The fourth-order valence-corrected chi connectivity index (χ4v) is 3.37. The van der Waals surface area contributed by atoms with E-state index in [2.05, 4.69) is 10.6 Å². The van der Waals surface area contributed by atoms with Crippen molar-refractivity contribution in [1.29, 1.82) is 0 Å². The summed E-state index contributed by atoms with van der Waals surface area (Å²) in [5.41, 5.74) is 6.57. The Bertz CT molecular complexity index is 1000. The molecule has 0 aliphatic heterocycles. The number of anilines is 1. The number of hydrogen-bond donors (Lipinski definition) is 3. The maximum atomic E-state index is 12.7. The normalized spacial score (nSPS) is 10.3. The molecule has 0 atom stereocenters. The lowest BCUT2D eigenvalue weighted by molar-refractivity contribution is -0.118. The number of amides is 3. The third kappa shape index (κ3) is 5.73. The van der Waals surface area contributed by atoms with Crippen molar-refractivity contribution in [2.75, 3.05) is 11.1 Å². The van der Waals surface area contributed by atoms with Crippen LogP contribution in [0.4, 0.5) is 5.69 Å². The van der Waals surface area contributed by atoms with E-state index in [1.807, 2.05) is 6.07 Å². The maximum Gasteiger partial charge on any atom is 0.256 e. The van der Waals surface area contributed by atoms with E-state index in [0.29, 0.717) is 34.0 Å². The van der Waals surface area contributed by atoms with Gasteiger partial charge in [0.1, 0.15) is 5.76 Å². The zero-order valence-electron chi connectivity index (χ0n) is 15.4. The first kappa shape index (κ1) is 20.2. The topological polar surface area (TPSA) is 114 Å². The van der Waals surface area contributed by atoms with Crippen molar-refractivity contribution in [1.82, 2.24) is 5.32 Å². The first-order valence-corrected chi connectivity index (χ1v) is 9.73. The van der Waals surface area contributed by atoms with Crippen molar-refractivity contribution in [3.63, 3.8) is 0 Å². The number of benzene rings is 2. The highest BCUT2D eigenvalue weighted by Crippen LogP contribution is 2.23. The Labute approximate surface area is 171 Å². The van der Waals surface area contributed by atoms with Crippen LogP contribution < -0.4 is 16.4 Å². The van der Waals surface area contributed by atoms with Gasteiger partial charge in [-0.1, -0.05) is 12.1 Å². The van der Waals surface area contributed by atoms with Gasteiger partial charge >= 0.3 is 0 Å². The van der Waals surface area contributed by atoms with Crippen molar-refractivity contribution in [3.05, 3.63) is 83.8 Å². The van der Waals surface area contributed by atoms with Gasteiger partial charge in [0.25, 0.3) is 5.91 Å². The van der Waals surface area contributed by atoms with Crippen LogP contribution in [0.15, 0.2) is 76.2 Å². The summed E-state index contributed by atoms with van der Waals surface area (Å²) < 4.78 is 5.17. The van der Waals surface area contributed by atoms with Gasteiger partial charge in [0.15, 0.2) is 0 Å². The Morgan fingerprint density at radius 1 is 0.966 bits per heavy atom. The smallest absolute Gasteiger partial charge is 0.256 e. The second-order valence-corrected chi connectivity index (χ2v) is 7.05. The van der Waals surface area contributed by atoms with E-state index in [4.69, 9.17) is 10.2 Å². The molecular weight excluding hydrogens is 390 g/mol. The Kier molecular flexibility index (Phi) is 6.70. The molecule has 3 amide bonds. The van der Waals surface area contributed by atoms with Gasteiger partial charge in [-0.05, 0) is 48.5 Å². The van der Waals surface area contributed by atoms with E-state index in [9.17, 15) is 14.4 Å². The van der Waals surface area contributed by atoms with Gasteiger partial charge in [0.2, 0.25) is 11.8 Å². The monoisotopic (exact) mass is 409 g/mol. The Morgan fingerprint density at radius 3 is 2.41 bits per heavy atom. The molecule has 0 aliphatic rings. The van der Waals surface area contributed by atoms with Gasteiger partial charge in [-0.15, -0.1) is 11.8 Å². The third-order valence-corrected chi connectivity index (χ3v) is 5.03. The fourth-order valence-electron chi connectivity index (χ4n) is 2.49. The zero-order valence-corrected chi connectivity index (χ0v) is 16.2. The second kappa shape index (κ2) is 9.61. The minimum Gasteiger partial charge on any atom is -0.467 e. The fraction of sp³-hybridized carbons (Fsp3) is 0.0952. The van der Waals surface area contributed by atoms with E-state index in [1.165, 1.54) is 11.8 Å². The van der Waals surface area contributed by atoms with Crippen LogP contribution in [0.25, 0.3) is 0 Å². The number of carbonyl (C=O) groups is 3. The van der Waals surface area contributed by atoms with E-state index in [0.717, 1.165) is 0 Å². The molecule has 3 aromatic rings. The quantitative estimate of drug-likeness (QED) is 0.495. The Balaban J connectivity index is 1.59. The van der Waals surface area contributed by atoms with Gasteiger partial charge in [-0.2, -0.15) is 0 Å². The molecule has 7 nitrogen and oxygen atoms in total. The largest absolute Gasteiger partial charge is 0.467 e. The van der Waals surface area contributed by atoms with Gasteiger partial charge < -0.3 is 20.8 Å². The van der Waals surface area contributed by atoms with Crippen LogP contribution in [-0.2, 0) is 11.3 Å². The first-order valence-electron chi connectivity index (χ1n) is 8.75. The van der Waals surface area contributed by atoms with Gasteiger partial charge in [-0.3, -0.25) is 14.4 Å². The number of thioether (sulfide) groups is 1. The molecule has 148 valence electrons. The van der Waals surface area contributed by atoms with Crippen LogP contribution >= 0.6 is 11.8 Å². The summed E-state index contributed by atoms with van der Waals surface area (Å²) in [6.07, 6.45) is 1.55. The molecule has 1 heterocycles. The van der Waals surface area contributed by atoms with Gasteiger partial charge in [0.05, 0.1) is 24.1 Å².